The first kappa shape index (κ1) is 20.3. The summed E-state index contributed by atoms with van der Waals surface area (Å²) in [5, 5.41) is 35.0. The van der Waals surface area contributed by atoms with E-state index in [4.69, 9.17) is 10.3 Å². The van der Waals surface area contributed by atoms with Crippen molar-refractivity contribution in [3.63, 3.8) is 0 Å². The zero-order valence-electron chi connectivity index (χ0n) is 15.4. The molecule has 2 aromatic carbocycles. The van der Waals surface area contributed by atoms with Crippen LogP contribution in [0.1, 0.15) is 11.1 Å². The molecule has 1 saturated heterocycles. The Morgan fingerprint density at radius 2 is 1.57 bits per heavy atom. The van der Waals surface area contributed by atoms with Crippen molar-refractivity contribution in [2.75, 3.05) is 13.2 Å². The Bertz CT molecular complexity index is 759. The second-order valence-corrected chi connectivity index (χ2v) is 6.98. The van der Waals surface area contributed by atoms with Gasteiger partial charge in [-0.2, -0.15) is 0 Å². The lowest BCUT2D eigenvalue weighted by Crippen LogP contribution is -2.64. The van der Waals surface area contributed by atoms with Gasteiger partial charge in [-0.25, -0.2) is 0 Å². The Morgan fingerprint density at radius 1 is 1.04 bits per heavy atom. The van der Waals surface area contributed by atoms with Crippen molar-refractivity contribution < 1.29 is 20.1 Å². The number of nitrogens with zero attached hydrogens (tertiary/aromatic N) is 4. The van der Waals surface area contributed by atoms with Crippen molar-refractivity contribution in [3.05, 3.63) is 82.2 Å². The molecule has 0 aromatic heterocycles. The monoisotopic (exact) mass is 384 g/mol. The fourth-order valence-electron chi connectivity index (χ4n) is 3.37. The normalized spacial score (nSPS) is 27.4. The molecule has 148 valence electrons. The van der Waals surface area contributed by atoms with Crippen LogP contribution in [0.4, 0.5) is 0 Å². The van der Waals surface area contributed by atoms with Gasteiger partial charge < -0.3 is 20.1 Å². The van der Waals surface area contributed by atoms with Crippen molar-refractivity contribution >= 4 is 0 Å². The van der Waals surface area contributed by atoms with Crippen LogP contribution in [0.3, 0.4) is 0 Å². The summed E-state index contributed by atoms with van der Waals surface area (Å²) in [6, 6.07) is 18.6. The van der Waals surface area contributed by atoms with Crippen molar-refractivity contribution in [2.45, 2.75) is 37.1 Å². The summed E-state index contributed by atoms with van der Waals surface area (Å²) in [5.41, 5.74) is 10.6. The van der Waals surface area contributed by atoms with Crippen LogP contribution >= 0.6 is 0 Å². The van der Waals surface area contributed by atoms with Gasteiger partial charge in [0, 0.05) is 18.0 Å². The summed E-state index contributed by atoms with van der Waals surface area (Å²) < 4.78 is 5.46. The molecule has 0 saturated carbocycles. The zero-order valence-corrected chi connectivity index (χ0v) is 15.4. The van der Waals surface area contributed by atoms with E-state index in [9.17, 15) is 15.3 Å². The van der Waals surface area contributed by atoms with E-state index in [2.05, 4.69) is 10.0 Å². The average Bonchev–Trinajstić information content (AvgIpc) is 2.70. The van der Waals surface area contributed by atoms with E-state index < -0.39 is 24.0 Å². The standard InChI is InChI=1S/C20H24N4O4/c21-23-22-17-13-28-20(27,19(26)18(17)25)14-24(11-15-7-3-1-4-8-15)12-16-9-5-2-6-10-16/h1-10,17-19,25-27H,11-14H2/t17-,18+,19-,20?/m0/s1. The lowest BCUT2D eigenvalue weighted by Gasteiger charge is -2.44. The van der Waals surface area contributed by atoms with Crippen molar-refractivity contribution in [3.8, 4) is 0 Å². The average molecular weight is 384 g/mol. The first-order valence-corrected chi connectivity index (χ1v) is 9.09. The molecule has 4 atom stereocenters. The molecular formula is C20H24N4O4. The van der Waals surface area contributed by atoms with Gasteiger partial charge in [0.2, 0.25) is 5.79 Å². The van der Waals surface area contributed by atoms with Gasteiger partial charge in [0.15, 0.2) is 0 Å². The molecule has 8 heteroatoms. The highest BCUT2D eigenvalue weighted by Crippen LogP contribution is 2.27. The molecule has 0 radical (unpaired) electrons. The maximum atomic E-state index is 10.9. The van der Waals surface area contributed by atoms with E-state index in [1.807, 2.05) is 65.6 Å². The van der Waals surface area contributed by atoms with Crippen LogP contribution in [-0.4, -0.2) is 57.4 Å². The van der Waals surface area contributed by atoms with Gasteiger partial charge in [0.1, 0.15) is 6.10 Å². The second-order valence-electron chi connectivity index (χ2n) is 6.98. The minimum absolute atomic E-state index is 0.0298. The highest BCUT2D eigenvalue weighted by molar-refractivity contribution is 5.17. The van der Waals surface area contributed by atoms with E-state index in [0.717, 1.165) is 11.1 Å². The number of benzene rings is 2. The minimum atomic E-state index is -1.98. The molecule has 3 N–H and O–H groups in total. The summed E-state index contributed by atoms with van der Waals surface area (Å²) in [6.07, 6.45) is -3.02. The summed E-state index contributed by atoms with van der Waals surface area (Å²) in [5.74, 6) is -1.98. The molecule has 3 rings (SSSR count). The van der Waals surface area contributed by atoms with Gasteiger partial charge in [-0.3, -0.25) is 4.90 Å². The summed E-state index contributed by atoms with van der Waals surface area (Å²) in [7, 11) is 0. The Morgan fingerprint density at radius 3 is 2.07 bits per heavy atom. The van der Waals surface area contributed by atoms with E-state index in [1.165, 1.54) is 0 Å². The molecule has 0 amide bonds. The predicted molar refractivity (Wildman–Crippen MR) is 103 cm³/mol. The third-order valence-electron chi connectivity index (χ3n) is 4.83. The maximum Gasteiger partial charge on any atom is 0.207 e. The Labute approximate surface area is 163 Å². The molecule has 1 fully saturated rings. The van der Waals surface area contributed by atoms with Crippen LogP contribution in [0.5, 0.6) is 0 Å². The number of aliphatic hydroxyl groups is 3. The second kappa shape index (κ2) is 9.16. The first-order chi connectivity index (χ1) is 13.5. The van der Waals surface area contributed by atoms with Gasteiger partial charge in [0.05, 0.1) is 25.3 Å². The topological polar surface area (TPSA) is 122 Å². The Hall–Kier alpha value is -2.45. The fourth-order valence-corrected chi connectivity index (χ4v) is 3.37. The number of hydrogen-bond acceptors (Lipinski definition) is 6. The number of rotatable bonds is 7. The zero-order chi connectivity index (χ0) is 20.0. The quantitative estimate of drug-likeness (QED) is 0.382. The maximum absolute atomic E-state index is 10.9. The number of aliphatic hydroxyl groups excluding tert-OH is 2. The minimum Gasteiger partial charge on any atom is -0.390 e. The molecule has 28 heavy (non-hydrogen) atoms. The summed E-state index contributed by atoms with van der Waals surface area (Å²) in [4.78, 5) is 4.59. The molecule has 8 nitrogen and oxygen atoms in total. The molecule has 0 aliphatic carbocycles. The van der Waals surface area contributed by atoms with E-state index in [1.54, 1.807) is 0 Å². The molecular weight excluding hydrogens is 360 g/mol. The van der Waals surface area contributed by atoms with E-state index in [0.29, 0.717) is 13.1 Å². The van der Waals surface area contributed by atoms with Crippen LogP contribution in [-0.2, 0) is 17.8 Å². The molecule has 0 bridgehead atoms. The summed E-state index contributed by atoms with van der Waals surface area (Å²) >= 11 is 0. The van der Waals surface area contributed by atoms with Gasteiger partial charge >= 0.3 is 0 Å². The molecule has 1 unspecified atom stereocenters. The SMILES string of the molecule is [N-]=[N+]=N[C@H]1COC(O)(CN(Cc2ccccc2)Cc2ccccc2)[C@@H](O)[C@@H]1O. The van der Waals surface area contributed by atoms with Gasteiger partial charge in [-0.05, 0) is 16.7 Å². The van der Waals surface area contributed by atoms with Crippen molar-refractivity contribution in [2.24, 2.45) is 5.11 Å². The Balaban J connectivity index is 1.78. The third-order valence-corrected chi connectivity index (χ3v) is 4.83. The van der Waals surface area contributed by atoms with Crippen LogP contribution in [0.15, 0.2) is 65.8 Å². The molecule has 1 heterocycles. The van der Waals surface area contributed by atoms with Crippen molar-refractivity contribution in [1.29, 1.82) is 0 Å². The van der Waals surface area contributed by atoms with E-state index >= 15 is 0 Å². The van der Waals surface area contributed by atoms with Crippen LogP contribution in [0, 0.1) is 0 Å². The predicted octanol–water partition coefficient (Wildman–Crippen LogP) is 1.81. The molecule has 0 spiro atoms. The van der Waals surface area contributed by atoms with Crippen LogP contribution in [0.25, 0.3) is 10.4 Å². The van der Waals surface area contributed by atoms with Crippen LogP contribution in [0.2, 0.25) is 0 Å². The Kier molecular flexibility index (Phi) is 6.64. The van der Waals surface area contributed by atoms with Gasteiger partial charge in [-0.15, -0.1) is 0 Å². The molecule has 2 aromatic rings. The van der Waals surface area contributed by atoms with Gasteiger partial charge in [0.25, 0.3) is 0 Å². The fraction of sp³-hybridized carbons (Fsp3) is 0.400. The third kappa shape index (κ3) is 4.88. The lowest BCUT2D eigenvalue weighted by atomic mass is 9.95. The van der Waals surface area contributed by atoms with Crippen LogP contribution < -0.4 is 0 Å². The smallest absolute Gasteiger partial charge is 0.207 e. The van der Waals surface area contributed by atoms with Gasteiger partial charge in [-0.1, -0.05) is 65.8 Å². The largest absolute Gasteiger partial charge is 0.390 e. The van der Waals surface area contributed by atoms with Crippen molar-refractivity contribution in [1.82, 2.24) is 4.90 Å². The first-order valence-electron chi connectivity index (χ1n) is 9.09. The lowest BCUT2D eigenvalue weighted by molar-refractivity contribution is -0.309. The number of azide groups is 1. The van der Waals surface area contributed by atoms with E-state index in [-0.39, 0.29) is 13.2 Å². The summed E-state index contributed by atoms with van der Waals surface area (Å²) in [6.45, 7) is 0.829. The number of ether oxygens (including phenoxy) is 1. The highest BCUT2D eigenvalue weighted by atomic mass is 16.6. The molecule has 1 aliphatic heterocycles. The number of hydrogen-bond donors (Lipinski definition) is 3. The molecule has 1 aliphatic rings. The highest BCUT2D eigenvalue weighted by Gasteiger charge is 2.49.